The molecule has 2 heterocycles. The Bertz CT molecular complexity index is 485. The molecular weight excluding hydrogens is 267 g/mol. The maximum absolute atomic E-state index is 13.2. The summed E-state index contributed by atoms with van der Waals surface area (Å²) >= 11 is 5.82. The Kier molecular flexibility index (Phi) is 3.52. The van der Waals surface area contributed by atoms with Crippen molar-refractivity contribution in [1.29, 1.82) is 0 Å². The topological polar surface area (TPSA) is 35.5 Å². The van der Waals surface area contributed by atoms with Crippen LogP contribution in [0.5, 0.6) is 0 Å². The van der Waals surface area contributed by atoms with E-state index in [9.17, 15) is 9.50 Å². The van der Waals surface area contributed by atoms with E-state index < -0.39 is 11.4 Å². The van der Waals surface area contributed by atoms with Crippen LogP contribution in [0, 0.1) is 5.82 Å². The molecule has 0 spiro atoms. The van der Waals surface area contributed by atoms with Gasteiger partial charge in [-0.2, -0.15) is 0 Å². The largest absolute Gasteiger partial charge is 0.384 e. The molecule has 0 aliphatic carbocycles. The average molecular weight is 285 g/mol. The summed E-state index contributed by atoms with van der Waals surface area (Å²) in [5.41, 5.74) is -0.193. The van der Waals surface area contributed by atoms with E-state index in [1.807, 2.05) is 0 Å². The monoisotopic (exact) mass is 284 g/mol. The third-order valence-electron chi connectivity index (χ3n) is 4.28. The van der Waals surface area contributed by atoms with Crippen molar-refractivity contribution < 1.29 is 9.50 Å². The molecule has 1 aromatic rings. The molecule has 2 aliphatic heterocycles. The minimum atomic E-state index is -0.912. The van der Waals surface area contributed by atoms with E-state index in [0.717, 1.165) is 31.6 Å². The quantitative estimate of drug-likeness (QED) is 0.824. The third kappa shape index (κ3) is 2.50. The summed E-state index contributed by atoms with van der Waals surface area (Å²) in [4.78, 5) is 2.32. The van der Waals surface area contributed by atoms with Crippen LogP contribution in [0.15, 0.2) is 18.2 Å². The first-order valence-electron chi connectivity index (χ1n) is 6.71. The number of rotatable bonds is 1. The van der Waals surface area contributed by atoms with Crippen LogP contribution in [-0.4, -0.2) is 42.2 Å². The molecule has 2 fully saturated rings. The molecule has 2 atom stereocenters. The van der Waals surface area contributed by atoms with Gasteiger partial charge in [0.05, 0.1) is 5.02 Å². The van der Waals surface area contributed by atoms with E-state index in [4.69, 9.17) is 11.6 Å². The zero-order valence-corrected chi connectivity index (χ0v) is 11.5. The number of hydrogen-bond donors (Lipinski definition) is 2. The van der Waals surface area contributed by atoms with Crippen LogP contribution in [0.4, 0.5) is 4.39 Å². The zero-order valence-electron chi connectivity index (χ0n) is 10.7. The van der Waals surface area contributed by atoms with E-state index in [1.54, 1.807) is 12.1 Å². The maximum atomic E-state index is 13.2. The number of benzene rings is 1. The Hall–Kier alpha value is -0.680. The van der Waals surface area contributed by atoms with Gasteiger partial charge in [0.1, 0.15) is 11.4 Å². The van der Waals surface area contributed by atoms with Crippen molar-refractivity contribution in [3.05, 3.63) is 34.6 Å². The van der Waals surface area contributed by atoms with Gasteiger partial charge in [0.25, 0.3) is 0 Å². The molecular formula is C14H18ClFN2O. The molecule has 3 nitrogen and oxygen atoms in total. The first kappa shape index (κ1) is 13.3. The highest BCUT2D eigenvalue weighted by Gasteiger charge is 2.40. The van der Waals surface area contributed by atoms with Crippen molar-refractivity contribution in [2.24, 2.45) is 0 Å². The highest BCUT2D eigenvalue weighted by molar-refractivity contribution is 6.30. The van der Waals surface area contributed by atoms with Gasteiger partial charge >= 0.3 is 0 Å². The van der Waals surface area contributed by atoms with Crippen molar-refractivity contribution in [3.63, 3.8) is 0 Å². The lowest BCUT2D eigenvalue weighted by Crippen LogP contribution is -2.59. The molecule has 2 saturated heterocycles. The van der Waals surface area contributed by atoms with Gasteiger partial charge < -0.3 is 10.4 Å². The normalized spacial score (nSPS) is 32.1. The third-order valence-corrected chi connectivity index (χ3v) is 4.57. The number of fused-ring (bicyclic) bond motifs is 1. The maximum Gasteiger partial charge on any atom is 0.141 e. The van der Waals surface area contributed by atoms with Crippen molar-refractivity contribution in [2.75, 3.05) is 26.2 Å². The lowest BCUT2D eigenvalue weighted by atomic mass is 9.82. The molecule has 1 aromatic carbocycles. The van der Waals surface area contributed by atoms with Gasteiger partial charge in [0.2, 0.25) is 0 Å². The fraction of sp³-hybridized carbons (Fsp3) is 0.571. The summed E-state index contributed by atoms with van der Waals surface area (Å²) < 4.78 is 13.2. The van der Waals surface area contributed by atoms with Gasteiger partial charge in [-0.3, -0.25) is 4.90 Å². The molecule has 0 bridgehead atoms. The standard InChI is InChI=1S/C14H18ClFN2O/c15-12-7-10(1-2-13(12)16)14(19)4-3-11-8-17-5-6-18(11)9-14/h1-2,7,11,17,19H,3-6,8-9H2/t11-,14-/m0/s1. The molecule has 2 aliphatic rings. The summed E-state index contributed by atoms with van der Waals surface area (Å²) in [6.07, 6.45) is 1.64. The molecule has 0 amide bonds. The van der Waals surface area contributed by atoms with Crippen molar-refractivity contribution in [3.8, 4) is 0 Å². The zero-order chi connectivity index (χ0) is 13.5. The number of aliphatic hydroxyl groups is 1. The second kappa shape index (κ2) is 5.02. The van der Waals surface area contributed by atoms with Gasteiger partial charge in [0, 0.05) is 32.2 Å². The summed E-state index contributed by atoms with van der Waals surface area (Å²) in [5.74, 6) is -0.440. The van der Waals surface area contributed by atoms with E-state index in [0.29, 0.717) is 19.0 Å². The molecule has 0 unspecified atom stereocenters. The fourth-order valence-electron chi connectivity index (χ4n) is 3.14. The Labute approximate surface area is 117 Å². The SMILES string of the molecule is O[C@@]1(c2ccc(F)c(Cl)c2)CC[C@H]2CNCCN2C1. The summed E-state index contributed by atoms with van der Waals surface area (Å²) in [5, 5.41) is 14.3. The Morgan fingerprint density at radius 3 is 3.11 bits per heavy atom. The van der Waals surface area contributed by atoms with Crippen molar-refractivity contribution in [2.45, 2.75) is 24.5 Å². The highest BCUT2D eigenvalue weighted by atomic mass is 35.5. The second-order valence-corrected chi connectivity index (χ2v) is 5.93. The average Bonchev–Trinajstić information content (AvgIpc) is 2.41. The number of halogens is 2. The van der Waals surface area contributed by atoms with Crippen LogP contribution in [-0.2, 0) is 5.60 Å². The number of hydrogen-bond acceptors (Lipinski definition) is 3. The predicted molar refractivity (Wildman–Crippen MR) is 72.8 cm³/mol. The Morgan fingerprint density at radius 2 is 2.32 bits per heavy atom. The van der Waals surface area contributed by atoms with Gasteiger partial charge in [0.15, 0.2) is 0 Å². The summed E-state index contributed by atoms with van der Waals surface area (Å²) in [6, 6.07) is 5.03. The predicted octanol–water partition coefficient (Wildman–Crippen LogP) is 1.73. The van der Waals surface area contributed by atoms with Crippen LogP contribution >= 0.6 is 11.6 Å². The van der Waals surface area contributed by atoms with E-state index in [2.05, 4.69) is 10.2 Å². The molecule has 0 saturated carbocycles. The van der Waals surface area contributed by atoms with Gasteiger partial charge in [-0.05, 0) is 30.5 Å². The van der Waals surface area contributed by atoms with E-state index in [1.165, 1.54) is 6.07 Å². The summed E-state index contributed by atoms with van der Waals surface area (Å²) in [6.45, 7) is 3.49. The molecule has 3 rings (SSSR count). The molecule has 0 radical (unpaired) electrons. The molecule has 104 valence electrons. The van der Waals surface area contributed by atoms with Crippen LogP contribution in [0.25, 0.3) is 0 Å². The minimum Gasteiger partial charge on any atom is -0.384 e. The number of piperazine rings is 1. The lowest BCUT2D eigenvalue weighted by molar-refractivity contribution is -0.0624. The molecule has 0 aromatic heterocycles. The van der Waals surface area contributed by atoms with Crippen LogP contribution in [0.1, 0.15) is 18.4 Å². The Morgan fingerprint density at radius 1 is 1.47 bits per heavy atom. The molecule has 5 heteroatoms. The van der Waals surface area contributed by atoms with Gasteiger partial charge in [-0.15, -0.1) is 0 Å². The minimum absolute atomic E-state index is 0.0772. The first-order chi connectivity index (χ1) is 9.08. The smallest absolute Gasteiger partial charge is 0.141 e. The number of nitrogens with one attached hydrogen (secondary N) is 1. The van der Waals surface area contributed by atoms with Crippen molar-refractivity contribution in [1.82, 2.24) is 10.2 Å². The number of piperidine rings is 1. The van der Waals surface area contributed by atoms with Crippen LogP contribution in [0.2, 0.25) is 5.02 Å². The van der Waals surface area contributed by atoms with Crippen LogP contribution < -0.4 is 5.32 Å². The van der Waals surface area contributed by atoms with Gasteiger partial charge in [-0.25, -0.2) is 4.39 Å². The van der Waals surface area contributed by atoms with Crippen LogP contribution in [0.3, 0.4) is 0 Å². The van der Waals surface area contributed by atoms with Gasteiger partial charge in [-0.1, -0.05) is 17.7 Å². The van der Waals surface area contributed by atoms with Crippen molar-refractivity contribution >= 4 is 11.6 Å². The second-order valence-electron chi connectivity index (χ2n) is 5.53. The lowest BCUT2D eigenvalue weighted by Gasteiger charge is -2.47. The Balaban J connectivity index is 1.84. The fourth-order valence-corrected chi connectivity index (χ4v) is 3.32. The molecule has 19 heavy (non-hydrogen) atoms. The number of nitrogens with zero attached hydrogens (tertiary/aromatic N) is 1. The highest BCUT2D eigenvalue weighted by Crippen LogP contribution is 2.35. The van der Waals surface area contributed by atoms with E-state index in [-0.39, 0.29) is 5.02 Å². The molecule has 2 N–H and O–H groups in total. The summed E-state index contributed by atoms with van der Waals surface area (Å²) in [7, 11) is 0. The van der Waals surface area contributed by atoms with E-state index >= 15 is 0 Å². The first-order valence-corrected chi connectivity index (χ1v) is 7.09.